The first-order valence-electron chi connectivity index (χ1n) is 3.76. The summed E-state index contributed by atoms with van der Waals surface area (Å²) in [6, 6.07) is 0. The molecule has 0 fully saturated rings. The summed E-state index contributed by atoms with van der Waals surface area (Å²) in [6.45, 7) is -0.754. The van der Waals surface area contributed by atoms with Crippen LogP contribution in [-0.4, -0.2) is 18.8 Å². The molecule has 0 aromatic rings. The lowest BCUT2D eigenvalue weighted by Gasteiger charge is -2.26. The van der Waals surface area contributed by atoms with E-state index < -0.39 is 31.1 Å². The second-order valence-corrected chi connectivity index (χ2v) is 2.76. The van der Waals surface area contributed by atoms with Crippen LogP contribution in [0.1, 0.15) is 19.8 Å². The van der Waals surface area contributed by atoms with Crippen molar-refractivity contribution < 1.29 is 26.3 Å². The zero-order valence-corrected chi connectivity index (χ0v) is 6.97. The molecule has 0 N–H and O–H groups in total. The summed E-state index contributed by atoms with van der Waals surface area (Å²) >= 11 is 0. The SMILES string of the molecule is CCCC(F)(F)C(CF)C(F)(F)F. The Labute approximate surface area is 71.9 Å². The molecule has 0 radical (unpaired) electrons. The van der Waals surface area contributed by atoms with E-state index in [1.807, 2.05) is 0 Å². The Hall–Kier alpha value is -0.420. The van der Waals surface area contributed by atoms with Gasteiger partial charge in [0.25, 0.3) is 5.92 Å². The lowest BCUT2D eigenvalue weighted by atomic mass is 9.98. The molecule has 0 amide bonds. The summed E-state index contributed by atoms with van der Waals surface area (Å²) in [5.74, 6) is -7.16. The van der Waals surface area contributed by atoms with Crippen molar-refractivity contribution in [2.75, 3.05) is 6.67 Å². The molecule has 0 aliphatic rings. The average molecular weight is 208 g/mol. The van der Waals surface area contributed by atoms with Crippen molar-refractivity contribution in [2.24, 2.45) is 5.92 Å². The van der Waals surface area contributed by atoms with E-state index in [0.29, 0.717) is 0 Å². The van der Waals surface area contributed by atoms with Crippen LogP contribution in [0.5, 0.6) is 0 Å². The van der Waals surface area contributed by atoms with Gasteiger partial charge in [0.05, 0.1) is 0 Å². The molecule has 6 heteroatoms. The monoisotopic (exact) mass is 208 g/mol. The van der Waals surface area contributed by atoms with E-state index in [0.717, 1.165) is 0 Å². The van der Waals surface area contributed by atoms with E-state index in [1.54, 1.807) is 0 Å². The fourth-order valence-electron chi connectivity index (χ4n) is 0.947. The Morgan fingerprint density at radius 2 is 1.54 bits per heavy atom. The summed E-state index contributed by atoms with van der Waals surface area (Å²) in [5, 5.41) is 0. The minimum absolute atomic E-state index is 0.112. The lowest BCUT2D eigenvalue weighted by molar-refractivity contribution is -0.245. The second kappa shape index (κ2) is 4.19. The molecule has 13 heavy (non-hydrogen) atoms. The molecule has 0 aromatic heterocycles. The second-order valence-electron chi connectivity index (χ2n) is 2.76. The highest BCUT2D eigenvalue weighted by molar-refractivity contribution is 4.81. The van der Waals surface area contributed by atoms with Gasteiger partial charge in [-0.25, -0.2) is 8.78 Å². The molecule has 0 aliphatic carbocycles. The Bertz CT molecular complexity index is 150. The zero-order chi connectivity index (χ0) is 10.7. The van der Waals surface area contributed by atoms with Gasteiger partial charge in [-0.3, -0.25) is 4.39 Å². The minimum atomic E-state index is -5.17. The maximum atomic E-state index is 12.6. The van der Waals surface area contributed by atoms with Crippen molar-refractivity contribution in [3.63, 3.8) is 0 Å². The minimum Gasteiger partial charge on any atom is -0.250 e. The van der Waals surface area contributed by atoms with Crippen LogP contribution in [0.4, 0.5) is 26.3 Å². The predicted octanol–water partition coefficient (Wildman–Crippen LogP) is 3.57. The third kappa shape index (κ3) is 3.44. The fraction of sp³-hybridized carbons (Fsp3) is 1.00. The highest BCUT2D eigenvalue weighted by Gasteiger charge is 2.54. The number of alkyl halides is 6. The van der Waals surface area contributed by atoms with Gasteiger partial charge >= 0.3 is 6.18 Å². The summed E-state index contributed by atoms with van der Waals surface area (Å²) in [5.41, 5.74) is 0. The molecule has 0 heterocycles. The molecular weight excluding hydrogens is 198 g/mol. The van der Waals surface area contributed by atoms with E-state index in [9.17, 15) is 26.3 Å². The van der Waals surface area contributed by atoms with Crippen LogP contribution in [0.3, 0.4) is 0 Å². The normalized spacial score (nSPS) is 15.9. The maximum Gasteiger partial charge on any atom is 0.400 e. The van der Waals surface area contributed by atoms with Crippen LogP contribution in [0.2, 0.25) is 0 Å². The molecule has 0 bridgehead atoms. The number of halogens is 6. The number of rotatable bonds is 4. The molecule has 0 nitrogen and oxygen atoms in total. The molecule has 0 spiro atoms. The molecule has 1 unspecified atom stereocenters. The van der Waals surface area contributed by atoms with Crippen molar-refractivity contribution in [3.05, 3.63) is 0 Å². The van der Waals surface area contributed by atoms with Gasteiger partial charge in [0, 0.05) is 6.42 Å². The molecule has 0 aromatic carbocycles. The quantitative estimate of drug-likeness (QED) is 0.619. The molecule has 0 aliphatic heterocycles. The van der Waals surface area contributed by atoms with Gasteiger partial charge in [0.1, 0.15) is 12.6 Å². The summed E-state index contributed by atoms with van der Waals surface area (Å²) in [6.07, 6.45) is -6.23. The van der Waals surface area contributed by atoms with E-state index in [4.69, 9.17) is 0 Å². The van der Waals surface area contributed by atoms with Crippen molar-refractivity contribution >= 4 is 0 Å². The van der Waals surface area contributed by atoms with E-state index >= 15 is 0 Å². The van der Waals surface area contributed by atoms with Gasteiger partial charge in [-0.15, -0.1) is 0 Å². The van der Waals surface area contributed by atoms with Crippen molar-refractivity contribution in [1.29, 1.82) is 0 Å². The Balaban J connectivity index is 4.56. The summed E-state index contributed by atoms with van der Waals surface area (Å²) in [7, 11) is 0. The van der Waals surface area contributed by atoms with Gasteiger partial charge in [-0.05, 0) is 0 Å². The van der Waals surface area contributed by atoms with Crippen molar-refractivity contribution in [2.45, 2.75) is 31.9 Å². The fourth-order valence-corrected chi connectivity index (χ4v) is 0.947. The van der Waals surface area contributed by atoms with E-state index in [1.165, 1.54) is 6.92 Å². The number of hydrogen-bond acceptors (Lipinski definition) is 0. The average Bonchev–Trinajstić information content (AvgIpc) is 1.83. The smallest absolute Gasteiger partial charge is 0.250 e. The van der Waals surface area contributed by atoms with Gasteiger partial charge in [-0.2, -0.15) is 13.2 Å². The first-order chi connectivity index (χ1) is 5.75. The Morgan fingerprint density at radius 1 is 1.08 bits per heavy atom. The first-order valence-corrected chi connectivity index (χ1v) is 3.76. The molecule has 0 saturated heterocycles. The Kier molecular flexibility index (Phi) is 4.06. The van der Waals surface area contributed by atoms with Crippen LogP contribution in [0.15, 0.2) is 0 Å². The molecule has 1 atom stereocenters. The van der Waals surface area contributed by atoms with Crippen LogP contribution in [-0.2, 0) is 0 Å². The van der Waals surface area contributed by atoms with E-state index in [-0.39, 0.29) is 6.42 Å². The van der Waals surface area contributed by atoms with Gasteiger partial charge in [0.15, 0.2) is 0 Å². The van der Waals surface area contributed by atoms with E-state index in [2.05, 4.69) is 0 Å². The first kappa shape index (κ1) is 12.6. The van der Waals surface area contributed by atoms with Crippen LogP contribution in [0.25, 0.3) is 0 Å². The van der Waals surface area contributed by atoms with Crippen LogP contribution in [0, 0.1) is 5.92 Å². The van der Waals surface area contributed by atoms with Gasteiger partial charge in [0.2, 0.25) is 0 Å². The topological polar surface area (TPSA) is 0 Å². The lowest BCUT2D eigenvalue weighted by Crippen LogP contribution is -2.40. The summed E-state index contributed by atoms with van der Waals surface area (Å²) in [4.78, 5) is 0. The zero-order valence-electron chi connectivity index (χ0n) is 6.97. The Morgan fingerprint density at radius 3 is 1.77 bits per heavy atom. The van der Waals surface area contributed by atoms with Crippen molar-refractivity contribution in [3.8, 4) is 0 Å². The standard InChI is InChI=1S/C7H10F6/c1-2-3-6(9,10)5(4-8)7(11,12)13/h5H,2-4H2,1H3. The molecule has 80 valence electrons. The predicted molar refractivity (Wildman–Crippen MR) is 35.4 cm³/mol. The highest BCUT2D eigenvalue weighted by Crippen LogP contribution is 2.40. The largest absolute Gasteiger partial charge is 0.400 e. The molecule has 0 rings (SSSR count). The summed E-state index contributed by atoms with van der Waals surface area (Å²) < 4.78 is 72.5. The third-order valence-corrected chi connectivity index (χ3v) is 1.64. The number of hydrogen-bond donors (Lipinski definition) is 0. The van der Waals surface area contributed by atoms with Crippen molar-refractivity contribution in [1.82, 2.24) is 0 Å². The maximum absolute atomic E-state index is 12.6. The third-order valence-electron chi connectivity index (χ3n) is 1.64. The molecule has 0 saturated carbocycles. The van der Waals surface area contributed by atoms with Gasteiger partial charge in [-0.1, -0.05) is 13.3 Å². The van der Waals surface area contributed by atoms with Gasteiger partial charge < -0.3 is 0 Å². The molecular formula is C7H10F6. The van der Waals surface area contributed by atoms with Crippen LogP contribution < -0.4 is 0 Å². The van der Waals surface area contributed by atoms with Crippen LogP contribution >= 0.6 is 0 Å². The highest BCUT2D eigenvalue weighted by atomic mass is 19.4.